The Kier molecular flexibility index (Phi) is 7.50. The largest absolute Gasteiger partial charge is 0.330 e. The summed E-state index contributed by atoms with van der Waals surface area (Å²) in [5.74, 6) is 0.0276. The van der Waals surface area contributed by atoms with Crippen LogP contribution in [0.15, 0.2) is 54.6 Å². The number of amides is 2. The highest BCUT2D eigenvalue weighted by Gasteiger charge is 2.31. The third-order valence-corrected chi connectivity index (χ3v) is 5.75. The maximum Gasteiger partial charge on any atom is 0.254 e. The van der Waals surface area contributed by atoms with Gasteiger partial charge in [0, 0.05) is 36.3 Å². The molecule has 0 radical (unpaired) electrons. The van der Waals surface area contributed by atoms with Gasteiger partial charge in [-0.1, -0.05) is 63.9 Å². The Morgan fingerprint density at radius 3 is 2.26 bits per heavy atom. The molecular formula is C26H35N3O2. The standard InChI is InChI=1S/C26H35N3O2/c1-26(2,3)17-24(30)28-21-15-13-19(14-16-21)18-29(23-12-8-7-11-22(23)27)25(31)20-9-5-4-6-10-20/h4-6,9-10,13-16,22-23H,7-8,11-12,17-18,27H2,1-3H3,(H,28,30). The number of benzene rings is 2. The molecule has 1 fully saturated rings. The SMILES string of the molecule is CC(C)(C)CC(=O)Nc1ccc(CN(C(=O)c2ccccc2)C2CCCCC2N)cc1. The predicted molar refractivity (Wildman–Crippen MR) is 126 cm³/mol. The minimum absolute atomic E-state index is 0.00243. The number of carbonyl (C=O) groups excluding carboxylic acids is 2. The van der Waals surface area contributed by atoms with Crippen LogP contribution in [0, 0.1) is 5.41 Å². The van der Waals surface area contributed by atoms with E-state index in [0.717, 1.165) is 36.9 Å². The highest BCUT2D eigenvalue weighted by atomic mass is 16.2. The van der Waals surface area contributed by atoms with E-state index in [0.29, 0.717) is 18.5 Å². The van der Waals surface area contributed by atoms with Crippen LogP contribution in [0.3, 0.4) is 0 Å². The lowest BCUT2D eigenvalue weighted by Gasteiger charge is -2.38. The van der Waals surface area contributed by atoms with Gasteiger partial charge in [0.1, 0.15) is 0 Å². The fraction of sp³-hybridized carbons (Fsp3) is 0.462. The van der Waals surface area contributed by atoms with E-state index >= 15 is 0 Å². The summed E-state index contributed by atoms with van der Waals surface area (Å²) in [5, 5.41) is 2.96. The van der Waals surface area contributed by atoms with Crippen molar-refractivity contribution in [1.29, 1.82) is 0 Å². The second-order valence-corrected chi connectivity index (χ2v) is 9.80. The molecule has 1 aliphatic rings. The first-order valence-corrected chi connectivity index (χ1v) is 11.2. The fourth-order valence-corrected chi connectivity index (χ4v) is 4.19. The van der Waals surface area contributed by atoms with E-state index in [9.17, 15) is 9.59 Å². The highest BCUT2D eigenvalue weighted by molar-refractivity contribution is 5.94. The van der Waals surface area contributed by atoms with Crippen molar-refractivity contribution in [3.63, 3.8) is 0 Å². The Morgan fingerprint density at radius 1 is 1.00 bits per heavy atom. The van der Waals surface area contributed by atoms with E-state index in [2.05, 4.69) is 5.32 Å². The molecule has 2 unspecified atom stereocenters. The summed E-state index contributed by atoms with van der Waals surface area (Å²) in [6.07, 6.45) is 4.56. The summed E-state index contributed by atoms with van der Waals surface area (Å²) < 4.78 is 0. The Morgan fingerprint density at radius 2 is 1.65 bits per heavy atom. The second kappa shape index (κ2) is 10.1. The Hall–Kier alpha value is -2.66. The van der Waals surface area contributed by atoms with Gasteiger partial charge in [-0.2, -0.15) is 0 Å². The molecule has 166 valence electrons. The summed E-state index contributed by atoms with van der Waals surface area (Å²) in [4.78, 5) is 27.5. The topological polar surface area (TPSA) is 75.4 Å². The maximum atomic E-state index is 13.4. The molecule has 1 saturated carbocycles. The van der Waals surface area contributed by atoms with Gasteiger partial charge in [-0.15, -0.1) is 0 Å². The van der Waals surface area contributed by atoms with Gasteiger partial charge < -0.3 is 16.0 Å². The van der Waals surface area contributed by atoms with Crippen LogP contribution in [0.25, 0.3) is 0 Å². The summed E-state index contributed by atoms with van der Waals surface area (Å²) in [6, 6.07) is 17.2. The number of nitrogens with zero attached hydrogens (tertiary/aromatic N) is 1. The van der Waals surface area contributed by atoms with Crippen LogP contribution < -0.4 is 11.1 Å². The van der Waals surface area contributed by atoms with Gasteiger partial charge in [0.05, 0.1) is 0 Å². The summed E-state index contributed by atoms with van der Waals surface area (Å²) >= 11 is 0. The number of nitrogens with two attached hydrogens (primary N) is 1. The van der Waals surface area contributed by atoms with Crippen molar-refractivity contribution in [2.24, 2.45) is 11.1 Å². The Labute approximate surface area is 186 Å². The number of hydrogen-bond donors (Lipinski definition) is 2. The Balaban J connectivity index is 1.75. The van der Waals surface area contributed by atoms with Crippen molar-refractivity contribution in [2.75, 3.05) is 5.32 Å². The quantitative estimate of drug-likeness (QED) is 0.691. The number of nitrogens with one attached hydrogen (secondary N) is 1. The van der Waals surface area contributed by atoms with E-state index in [1.807, 2.05) is 80.3 Å². The second-order valence-electron chi connectivity index (χ2n) is 9.80. The van der Waals surface area contributed by atoms with E-state index in [4.69, 9.17) is 5.73 Å². The maximum absolute atomic E-state index is 13.4. The number of carbonyl (C=O) groups is 2. The summed E-state index contributed by atoms with van der Waals surface area (Å²) in [7, 11) is 0. The molecule has 0 aromatic heterocycles. The monoisotopic (exact) mass is 421 g/mol. The Bertz CT molecular complexity index is 872. The van der Waals surface area contributed by atoms with Gasteiger partial charge >= 0.3 is 0 Å². The molecule has 0 spiro atoms. The lowest BCUT2D eigenvalue weighted by atomic mass is 9.89. The van der Waals surface area contributed by atoms with Crippen LogP contribution in [0.5, 0.6) is 0 Å². The molecule has 3 N–H and O–H groups in total. The molecule has 0 bridgehead atoms. The lowest BCUT2D eigenvalue weighted by molar-refractivity contribution is -0.117. The molecule has 31 heavy (non-hydrogen) atoms. The van der Waals surface area contributed by atoms with Gasteiger partial charge in [0.15, 0.2) is 0 Å². The summed E-state index contributed by atoms with van der Waals surface area (Å²) in [5.41, 5.74) is 8.86. The van der Waals surface area contributed by atoms with Gasteiger partial charge in [-0.25, -0.2) is 0 Å². The summed E-state index contributed by atoms with van der Waals surface area (Å²) in [6.45, 7) is 6.64. The highest BCUT2D eigenvalue weighted by Crippen LogP contribution is 2.26. The van der Waals surface area contributed by atoms with Crippen LogP contribution >= 0.6 is 0 Å². The van der Waals surface area contributed by atoms with Gasteiger partial charge in [-0.3, -0.25) is 9.59 Å². The van der Waals surface area contributed by atoms with Crippen molar-refractivity contribution in [1.82, 2.24) is 4.90 Å². The molecule has 2 aromatic carbocycles. The number of hydrogen-bond acceptors (Lipinski definition) is 3. The molecule has 0 saturated heterocycles. The third-order valence-electron chi connectivity index (χ3n) is 5.75. The molecule has 2 amide bonds. The average Bonchev–Trinajstić information content (AvgIpc) is 2.72. The van der Waals surface area contributed by atoms with Crippen molar-refractivity contribution in [2.45, 2.75) is 71.5 Å². The van der Waals surface area contributed by atoms with E-state index in [1.54, 1.807) is 0 Å². The van der Waals surface area contributed by atoms with Crippen LogP contribution in [-0.2, 0) is 11.3 Å². The molecule has 0 aliphatic heterocycles. The van der Waals surface area contributed by atoms with E-state index in [-0.39, 0.29) is 29.3 Å². The number of rotatable bonds is 6. The predicted octanol–water partition coefficient (Wildman–Crippen LogP) is 4.97. The van der Waals surface area contributed by atoms with Crippen molar-refractivity contribution < 1.29 is 9.59 Å². The zero-order valence-corrected chi connectivity index (χ0v) is 18.9. The van der Waals surface area contributed by atoms with Gasteiger partial charge in [0.2, 0.25) is 5.91 Å². The molecule has 0 heterocycles. The van der Waals surface area contributed by atoms with Crippen molar-refractivity contribution >= 4 is 17.5 Å². The molecular weight excluding hydrogens is 386 g/mol. The number of anilines is 1. The van der Waals surface area contributed by atoms with Crippen molar-refractivity contribution in [3.8, 4) is 0 Å². The molecule has 2 aromatic rings. The average molecular weight is 422 g/mol. The minimum Gasteiger partial charge on any atom is -0.330 e. The molecule has 3 rings (SSSR count). The molecule has 2 atom stereocenters. The zero-order chi connectivity index (χ0) is 22.4. The lowest BCUT2D eigenvalue weighted by Crippen LogP contribution is -2.51. The first kappa shape index (κ1) is 23.0. The van der Waals surface area contributed by atoms with Crippen LogP contribution in [0.4, 0.5) is 5.69 Å². The zero-order valence-electron chi connectivity index (χ0n) is 18.9. The van der Waals surface area contributed by atoms with Crippen molar-refractivity contribution in [3.05, 3.63) is 65.7 Å². The van der Waals surface area contributed by atoms with Crippen LogP contribution in [0.1, 0.15) is 68.8 Å². The third kappa shape index (κ3) is 6.66. The first-order chi connectivity index (χ1) is 14.7. The normalized spacial score (nSPS) is 19.0. The van der Waals surface area contributed by atoms with E-state index in [1.165, 1.54) is 0 Å². The first-order valence-electron chi connectivity index (χ1n) is 11.2. The fourth-order valence-electron chi connectivity index (χ4n) is 4.19. The van der Waals surface area contributed by atoms with Crippen LogP contribution in [0.2, 0.25) is 0 Å². The molecule has 5 nitrogen and oxygen atoms in total. The van der Waals surface area contributed by atoms with Gasteiger partial charge in [0.25, 0.3) is 5.91 Å². The smallest absolute Gasteiger partial charge is 0.254 e. The minimum atomic E-state index is -0.0545. The molecule has 5 heteroatoms. The van der Waals surface area contributed by atoms with E-state index < -0.39 is 0 Å². The molecule has 1 aliphatic carbocycles. The van der Waals surface area contributed by atoms with Gasteiger partial charge in [-0.05, 0) is 48.1 Å². The van der Waals surface area contributed by atoms with Crippen LogP contribution in [-0.4, -0.2) is 28.8 Å².